The summed E-state index contributed by atoms with van der Waals surface area (Å²) >= 11 is 0. The molecule has 0 atom stereocenters. The van der Waals surface area contributed by atoms with Gasteiger partial charge in [-0.05, 0) is 18.6 Å². The Hall–Kier alpha value is -2.43. The summed E-state index contributed by atoms with van der Waals surface area (Å²) in [5, 5.41) is 11.0. The molecule has 0 amide bonds. The molecule has 1 aliphatic rings. The molecule has 0 aromatic heterocycles. The van der Waals surface area contributed by atoms with Gasteiger partial charge in [0, 0.05) is 17.7 Å². The van der Waals surface area contributed by atoms with E-state index < -0.39 is 26.6 Å². The summed E-state index contributed by atoms with van der Waals surface area (Å²) in [6, 6.07) is 7.77. The number of benzene rings is 2. The van der Waals surface area contributed by atoms with E-state index in [1.807, 2.05) is 0 Å². The molecule has 0 radical (unpaired) electrons. The van der Waals surface area contributed by atoms with Crippen LogP contribution in [0.5, 0.6) is 0 Å². The maximum absolute atomic E-state index is 13.8. The normalized spacial score (nSPS) is 16.2. The van der Waals surface area contributed by atoms with Gasteiger partial charge in [-0.25, -0.2) is 17.2 Å². The third-order valence-electron chi connectivity index (χ3n) is 4.90. The summed E-state index contributed by atoms with van der Waals surface area (Å²) in [6.07, 6.45) is 0. The predicted octanol–water partition coefficient (Wildman–Crippen LogP) is 1.27. The van der Waals surface area contributed by atoms with Crippen LogP contribution < -0.4 is 4.90 Å². The number of hydrogen-bond acceptors (Lipinski definition) is 4. The minimum atomic E-state index is -3.88. The van der Waals surface area contributed by atoms with Crippen molar-refractivity contribution < 1.29 is 27.0 Å². The number of sulfonamides is 1. The minimum absolute atomic E-state index is 0.0821. The second-order valence-electron chi connectivity index (χ2n) is 6.75. The van der Waals surface area contributed by atoms with Crippen molar-refractivity contribution in [1.82, 2.24) is 4.31 Å². The van der Waals surface area contributed by atoms with Crippen LogP contribution >= 0.6 is 0 Å². The van der Waals surface area contributed by atoms with E-state index in [0.29, 0.717) is 18.7 Å². The first kappa shape index (κ1) is 20.3. The summed E-state index contributed by atoms with van der Waals surface area (Å²) in [5.41, 5.74) is 0.401. The number of halogens is 2. The SMILES string of the molecule is Cc1ccc([N+](=O)[O-])cc1S(=O)(=O)N1CC[NH+](Cc2cccc(F)c2F)CC1. The van der Waals surface area contributed by atoms with Crippen LogP contribution in [0.3, 0.4) is 0 Å². The molecule has 2 aromatic rings. The molecule has 3 rings (SSSR count). The van der Waals surface area contributed by atoms with Crippen molar-refractivity contribution >= 4 is 15.7 Å². The molecule has 0 spiro atoms. The molecule has 0 saturated carbocycles. The van der Waals surface area contributed by atoms with Crippen molar-refractivity contribution in [2.24, 2.45) is 0 Å². The van der Waals surface area contributed by atoms with E-state index in [0.717, 1.165) is 17.0 Å². The van der Waals surface area contributed by atoms with Gasteiger partial charge in [-0.1, -0.05) is 18.2 Å². The Morgan fingerprint density at radius 1 is 1.18 bits per heavy atom. The number of non-ortho nitro benzene ring substituents is 1. The Balaban J connectivity index is 1.73. The van der Waals surface area contributed by atoms with Gasteiger partial charge in [0.2, 0.25) is 10.0 Å². The fourth-order valence-corrected chi connectivity index (χ4v) is 4.98. The van der Waals surface area contributed by atoms with E-state index in [9.17, 15) is 27.3 Å². The highest BCUT2D eigenvalue weighted by Gasteiger charge is 2.32. The highest BCUT2D eigenvalue weighted by molar-refractivity contribution is 7.89. The average molecular weight is 412 g/mol. The molecule has 0 aliphatic carbocycles. The van der Waals surface area contributed by atoms with E-state index >= 15 is 0 Å². The van der Waals surface area contributed by atoms with Crippen LogP contribution in [-0.2, 0) is 16.6 Å². The van der Waals surface area contributed by atoms with Crippen LogP contribution in [0, 0.1) is 28.7 Å². The molecular weight excluding hydrogens is 392 g/mol. The lowest BCUT2D eigenvalue weighted by molar-refractivity contribution is -0.917. The summed E-state index contributed by atoms with van der Waals surface area (Å²) in [6.45, 7) is 3.07. The Labute approximate surface area is 161 Å². The van der Waals surface area contributed by atoms with Gasteiger partial charge >= 0.3 is 0 Å². The van der Waals surface area contributed by atoms with E-state index in [2.05, 4.69) is 0 Å². The van der Waals surface area contributed by atoms with Crippen LogP contribution in [-0.4, -0.2) is 43.8 Å². The summed E-state index contributed by atoms with van der Waals surface area (Å²) < 4.78 is 54.3. The number of nitro benzene ring substituents is 1. The zero-order valence-electron chi connectivity index (χ0n) is 15.2. The highest BCUT2D eigenvalue weighted by atomic mass is 32.2. The Kier molecular flexibility index (Phi) is 5.73. The van der Waals surface area contributed by atoms with Gasteiger partial charge in [-0.2, -0.15) is 4.31 Å². The third kappa shape index (κ3) is 4.03. The van der Waals surface area contributed by atoms with Gasteiger partial charge in [-0.15, -0.1) is 0 Å². The largest absolute Gasteiger partial charge is 0.329 e. The van der Waals surface area contributed by atoms with E-state index in [1.54, 1.807) is 6.92 Å². The van der Waals surface area contributed by atoms with Crippen LogP contribution in [0.15, 0.2) is 41.3 Å². The number of nitrogens with one attached hydrogen (secondary N) is 1. The van der Waals surface area contributed by atoms with E-state index in [4.69, 9.17) is 0 Å². The number of nitrogens with zero attached hydrogens (tertiary/aromatic N) is 2. The van der Waals surface area contributed by atoms with Crippen LogP contribution in [0.2, 0.25) is 0 Å². The summed E-state index contributed by atoms with van der Waals surface area (Å²) in [7, 11) is -3.88. The van der Waals surface area contributed by atoms with E-state index in [-0.39, 0.29) is 35.8 Å². The molecule has 2 aromatic carbocycles. The lowest BCUT2D eigenvalue weighted by Crippen LogP contribution is -3.13. The van der Waals surface area contributed by atoms with Gasteiger partial charge in [0.25, 0.3) is 5.69 Å². The standard InChI is InChI=1S/C18H19F2N3O4S/c1-13-5-6-15(23(24)25)11-17(13)28(26,27)22-9-7-21(8-10-22)12-14-3-2-4-16(19)18(14)20/h2-6,11H,7-10,12H2,1H3/p+1. The molecule has 28 heavy (non-hydrogen) atoms. The highest BCUT2D eigenvalue weighted by Crippen LogP contribution is 2.24. The van der Waals surface area contributed by atoms with Crippen molar-refractivity contribution in [3.8, 4) is 0 Å². The number of piperazine rings is 1. The van der Waals surface area contributed by atoms with Crippen molar-refractivity contribution in [3.05, 3.63) is 69.3 Å². The van der Waals surface area contributed by atoms with Gasteiger partial charge in [0.1, 0.15) is 6.54 Å². The number of quaternary nitrogens is 1. The molecule has 10 heteroatoms. The lowest BCUT2D eigenvalue weighted by Gasteiger charge is -2.31. The molecule has 1 fully saturated rings. The zero-order valence-corrected chi connectivity index (χ0v) is 16.0. The van der Waals surface area contributed by atoms with Crippen molar-refractivity contribution in [1.29, 1.82) is 0 Å². The van der Waals surface area contributed by atoms with E-state index in [1.165, 1.54) is 28.6 Å². The van der Waals surface area contributed by atoms with Gasteiger partial charge in [0.15, 0.2) is 11.6 Å². The quantitative estimate of drug-likeness (QED) is 0.592. The molecular formula is C18H20F2N3O4S+. The molecule has 0 unspecified atom stereocenters. The number of nitro groups is 1. The Morgan fingerprint density at radius 3 is 2.50 bits per heavy atom. The van der Waals surface area contributed by atoms with Crippen molar-refractivity contribution in [2.75, 3.05) is 26.2 Å². The number of aryl methyl sites for hydroxylation is 1. The fraction of sp³-hybridized carbons (Fsp3) is 0.333. The zero-order chi connectivity index (χ0) is 20.5. The molecule has 7 nitrogen and oxygen atoms in total. The van der Waals surface area contributed by atoms with Crippen molar-refractivity contribution in [3.63, 3.8) is 0 Å². The first-order valence-electron chi connectivity index (χ1n) is 8.72. The molecule has 1 heterocycles. The summed E-state index contributed by atoms with van der Waals surface area (Å²) in [4.78, 5) is 11.2. The molecule has 1 saturated heterocycles. The topological polar surface area (TPSA) is 85.0 Å². The van der Waals surface area contributed by atoms with Gasteiger partial charge < -0.3 is 4.90 Å². The molecule has 0 bridgehead atoms. The number of hydrogen-bond donors (Lipinski definition) is 1. The second-order valence-corrected chi connectivity index (χ2v) is 8.66. The van der Waals surface area contributed by atoms with Gasteiger partial charge in [0.05, 0.1) is 36.0 Å². The molecule has 150 valence electrons. The fourth-order valence-electron chi connectivity index (χ4n) is 3.29. The first-order valence-corrected chi connectivity index (χ1v) is 10.2. The average Bonchev–Trinajstić information content (AvgIpc) is 2.66. The maximum Gasteiger partial charge on any atom is 0.270 e. The predicted molar refractivity (Wildman–Crippen MR) is 97.4 cm³/mol. The Bertz CT molecular complexity index is 1010. The lowest BCUT2D eigenvalue weighted by atomic mass is 10.2. The third-order valence-corrected chi connectivity index (χ3v) is 6.94. The Morgan fingerprint density at radius 2 is 1.86 bits per heavy atom. The minimum Gasteiger partial charge on any atom is -0.329 e. The second kappa shape index (κ2) is 7.90. The molecule has 1 N–H and O–H groups in total. The maximum atomic E-state index is 13.8. The first-order chi connectivity index (χ1) is 13.2. The van der Waals surface area contributed by atoms with Crippen LogP contribution in [0.1, 0.15) is 11.1 Å². The summed E-state index contributed by atoms with van der Waals surface area (Å²) in [5.74, 6) is -1.78. The smallest absolute Gasteiger partial charge is 0.270 e. The number of rotatable bonds is 5. The monoisotopic (exact) mass is 412 g/mol. The molecule has 1 aliphatic heterocycles. The van der Waals surface area contributed by atoms with Gasteiger partial charge in [-0.3, -0.25) is 10.1 Å². The van der Waals surface area contributed by atoms with Crippen LogP contribution in [0.25, 0.3) is 0 Å². The van der Waals surface area contributed by atoms with Crippen LogP contribution in [0.4, 0.5) is 14.5 Å². The van der Waals surface area contributed by atoms with Crippen molar-refractivity contribution in [2.45, 2.75) is 18.4 Å².